The van der Waals surface area contributed by atoms with Crippen molar-refractivity contribution in [2.24, 2.45) is 0 Å². The third kappa shape index (κ3) is 3.66. The molecular formula is C18H8ClF4N3O3. The lowest BCUT2D eigenvalue weighted by Gasteiger charge is -2.08. The van der Waals surface area contributed by atoms with Gasteiger partial charge in [0.05, 0.1) is 17.4 Å². The smallest absolute Gasteiger partial charge is 0.395 e. The first-order chi connectivity index (χ1) is 13.7. The van der Waals surface area contributed by atoms with Gasteiger partial charge < -0.3 is 14.8 Å². The Balaban J connectivity index is 1.57. The number of rotatable bonds is 3. The summed E-state index contributed by atoms with van der Waals surface area (Å²) in [6, 6.07) is 5.26. The molecule has 3 aromatic rings. The Morgan fingerprint density at radius 1 is 1.03 bits per heavy atom. The molecule has 1 aromatic carbocycles. The van der Waals surface area contributed by atoms with Gasteiger partial charge in [0, 0.05) is 23.4 Å². The van der Waals surface area contributed by atoms with Gasteiger partial charge in [-0.15, -0.1) is 8.78 Å². The maximum Gasteiger partial charge on any atom is 0.586 e. The van der Waals surface area contributed by atoms with Crippen LogP contribution in [0.5, 0.6) is 11.5 Å². The number of aromatic nitrogens is 2. The van der Waals surface area contributed by atoms with Crippen LogP contribution in [0.25, 0.3) is 11.1 Å². The molecule has 1 aliphatic rings. The van der Waals surface area contributed by atoms with Crippen LogP contribution in [0.2, 0.25) is 5.02 Å². The number of amides is 1. The van der Waals surface area contributed by atoms with E-state index in [-0.39, 0.29) is 22.3 Å². The molecule has 11 heteroatoms. The first-order valence-electron chi connectivity index (χ1n) is 7.90. The number of alkyl halides is 2. The third-order valence-corrected chi connectivity index (χ3v) is 4.20. The number of carbonyl (C=O) groups excluding carboxylic acids is 1. The molecule has 1 aliphatic heterocycles. The van der Waals surface area contributed by atoms with Crippen molar-refractivity contribution in [2.45, 2.75) is 6.29 Å². The van der Waals surface area contributed by atoms with Gasteiger partial charge in [-0.2, -0.15) is 0 Å². The van der Waals surface area contributed by atoms with Crippen molar-refractivity contribution in [1.29, 1.82) is 0 Å². The standard InChI is InChI=1S/C18H8ClF4N3O3/c19-10-4-14-13(28-18(22,23)29-14)3-9(10)8-1-2-15(25-5-8)26-17(27)16-11(20)6-24-7-12(16)21/h1-7H,(H,25,26,27). The Morgan fingerprint density at radius 3 is 2.31 bits per heavy atom. The SMILES string of the molecule is O=C(Nc1ccc(-c2cc3c(cc2Cl)OC(F)(F)O3)cn1)c1c(F)cncc1F. The van der Waals surface area contributed by atoms with Crippen molar-refractivity contribution in [3.05, 3.63) is 65.1 Å². The molecular weight excluding hydrogens is 418 g/mol. The van der Waals surface area contributed by atoms with Crippen LogP contribution >= 0.6 is 11.6 Å². The van der Waals surface area contributed by atoms with Gasteiger partial charge in [-0.05, 0) is 18.2 Å². The fourth-order valence-corrected chi connectivity index (χ4v) is 2.89. The van der Waals surface area contributed by atoms with Crippen LogP contribution in [0.3, 0.4) is 0 Å². The van der Waals surface area contributed by atoms with Crippen molar-refractivity contribution >= 4 is 23.3 Å². The number of pyridine rings is 2. The van der Waals surface area contributed by atoms with E-state index in [1.165, 1.54) is 30.5 Å². The number of hydrogen-bond acceptors (Lipinski definition) is 5. The van der Waals surface area contributed by atoms with Gasteiger partial charge in [-0.1, -0.05) is 11.6 Å². The van der Waals surface area contributed by atoms with Gasteiger partial charge in [-0.25, -0.2) is 13.8 Å². The van der Waals surface area contributed by atoms with Crippen LogP contribution in [0, 0.1) is 11.6 Å². The zero-order valence-corrected chi connectivity index (χ0v) is 14.8. The maximum absolute atomic E-state index is 13.6. The van der Waals surface area contributed by atoms with Crippen molar-refractivity contribution in [3.63, 3.8) is 0 Å². The van der Waals surface area contributed by atoms with E-state index in [9.17, 15) is 22.4 Å². The fraction of sp³-hybridized carbons (Fsp3) is 0.0556. The van der Waals surface area contributed by atoms with Gasteiger partial charge in [0.1, 0.15) is 11.4 Å². The second kappa shape index (κ2) is 6.89. The summed E-state index contributed by atoms with van der Waals surface area (Å²) in [6.07, 6.45) is -1.08. The number of fused-ring (bicyclic) bond motifs is 1. The first-order valence-corrected chi connectivity index (χ1v) is 8.27. The molecule has 0 saturated heterocycles. The zero-order valence-electron chi connectivity index (χ0n) is 14.1. The minimum Gasteiger partial charge on any atom is -0.395 e. The number of hydrogen-bond donors (Lipinski definition) is 1. The summed E-state index contributed by atoms with van der Waals surface area (Å²) in [6.45, 7) is 0. The molecule has 0 unspecified atom stereocenters. The highest BCUT2D eigenvalue weighted by Gasteiger charge is 2.43. The van der Waals surface area contributed by atoms with Crippen LogP contribution in [-0.2, 0) is 0 Å². The Bertz CT molecular complexity index is 1110. The highest BCUT2D eigenvalue weighted by atomic mass is 35.5. The van der Waals surface area contributed by atoms with Crippen molar-refractivity contribution in [3.8, 4) is 22.6 Å². The van der Waals surface area contributed by atoms with Crippen molar-refractivity contribution in [1.82, 2.24) is 9.97 Å². The molecule has 3 heterocycles. The zero-order chi connectivity index (χ0) is 20.8. The summed E-state index contributed by atoms with van der Waals surface area (Å²) in [5.74, 6) is -3.70. The number of carbonyl (C=O) groups is 1. The van der Waals surface area contributed by atoms with E-state index in [1.54, 1.807) is 0 Å². The molecule has 29 heavy (non-hydrogen) atoms. The van der Waals surface area contributed by atoms with E-state index >= 15 is 0 Å². The lowest BCUT2D eigenvalue weighted by atomic mass is 10.1. The highest BCUT2D eigenvalue weighted by Crippen LogP contribution is 2.46. The topological polar surface area (TPSA) is 73.3 Å². The Hall–Kier alpha value is -3.40. The lowest BCUT2D eigenvalue weighted by molar-refractivity contribution is -0.286. The molecule has 1 amide bonds. The normalized spacial score (nSPS) is 14.0. The van der Waals surface area contributed by atoms with E-state index in [1.807, 2.05) is 0 Å². The number of nitrogens with one attached hydrogen (secondary N) is 1. The Morgan fingerprint density at radius 2 is 1.69 bits per heavy atom. The summed E-state index contributed by atoms with van der Waals surface area (Å²) < 4.78 is 62.3. The molecule has 148 valence electrons. The molecule has 6 nitrogen and oxygen atoms in total. The molecule has 4 rings (SSSR count). The van der Waals surface area contributed by atoms with Crippen molar-refractivity contribution < 1.29 is 31.8 Å². The molecule has 0 spiro atoms. The average Bonchev–Trinajstić information content (AvgIpc) is 2.94. The summed E-state index contributed by atoms with van der Waals surface area (Å²) in [4.78, 5) is 19.3. The number of nitrogens with zero attached hydrogens (tertiary/aromatic N) is 2. The molecule has 0 atom stereocenters. The molecule has 0 radical (unpaired) electrons. The molecule has 0 saturated carbocycles. The van der Waals surface area contributed by atoms with E-state index in [4.69, 9.17) is 11.6 Å². The second-order valence-electron chi connectivity index (χ2n) is 5.81. The number of ether oxygens (including phenoxy) is 2. The lowest BCUT2D eigenvalue weighted by Crippen LogP contribution is -2.25. The summed E-state index contributed by atoms with van der Waals surface area (Å²) in [5, 5.41) is 2.35. The van der Waals surface area contributed by atoms with E-state index in [2.05, 4.69) is 24.8 Å². The van der Waals surface area contributed by atoms with Crippen LogP contribution in [-0.4, -0.2) is 22.2 Å². The van der Waals surface area contributed by atoms with Gasteiger partial charge in [0.15, 0.2) is 23.1 Å². The summed E-state index contributed by atoms with van der Waals surface area (Å²) in [7, 11) is 0. The average molecular weight is 426 g/mol. The van der Waals surface area contributed by atoms with E-state index in [0.717, 1.165) is 0 Å². The monoisotopic (exact) mass is 425 g/mol. The van der Waals surface area contributed by atoms with Gasteiger partial charge >= 0.3 is 6.29 Å². The largest absolute Gasteiger partial charge is 0.586 e. The first kappa shape index (κ1) is 18.9. The predicted octanol–water partition coefficient (Wildman–Crippen LogP) is 4.65. The van der Waals surface area contributed by atoms with Crippen LogP contribution in [0.15, 0.2) is 42.9 Å². The third-order valence-electron chi connectivity index (χ3n) is 3.89. The van der Waals surface area contributed by atoms with Gasteiger partial charge in [-0.3, -0.25) is 9.78 Å². The number of halogens is 5. The second-order valence-corrected chi connectivity index (χ2v) is 6.22. The van der Waals surface area contributed by atoms with Crippen LogP contribution in [0.4, 0.5) is 23.4 Å². The minimum atomic E-state index is -3.78. The summed E-state index contributed by atoms with van der Waals surface area (Å²) in [5.41, 5.74) is -0.0650. The minimum absolute atomic E-state index is 0.00207. The Labute approximate surface area is 165 Å². The van der Waals surface area contributed by atoms with E-state index in [0.29, 0.717) is 23.5 Å². The molecule has 0 aliphatic carbocycles. The molecule has 2 aromatic heterocycles. The Kier molecular flexibility index (Phi) is 4.50. The van der Waals surface area contributed by atoms with Gasteiger partial charge in [0.2, 0.25) is 0 Å². The molecule has 0 fully saturated rings. The number of anilines is 1. The number of benzene rings is 1. The maximum atomic E-state index is 13.6. The fourth-order valence-electron chi connectivity index (χ4n) is 2.63. The van der Waals surface area contributed by atoms with Crippen molar-refractivity contribution in [2.75, 3.05) is 5.32 Å². The highest BCUT2D eigenvalue weighted by molar-refractivity contribution is 6.33. The quantitative estimate of drug-likeness (QED) is 0.618. The summed E-state index contributed by atoms with van der Waals surface area (Å²) >= 11 is 6.11. The van der Waals surface area contributed by atoms with Crippen LogP contribution < -0.4 is 14.8 Å². The predicted molar refractivity (Wildman–Crippen MR) is 93.0 cm³/mol. The van der Waals surface area contributed by atoms with Gasteiger partial charge in [0.25, 0.3) is 5.91 Å². The van der Waals surface area contributed by atoms with E-state index < -0.39 is 29.4 Å². The van der Waals surface area contributed by atoms with Crippen LogP contribution in [0.1, 0.15) is 10.4 Å². The molecule has 0 bridgehead atoms. The molecule has 1 N–H and O–H groups in total.